The van der Waals surface area contributed by atoms with E-state index < -0.39 is 0 Å². The Morgan fingerprint density at radius 1 is 0.971 bits per heavy atom. The molecule has 3 aromatic rings. The fourth-order valence-corrected chi connectivity index (χ4v) is 5.80. The van der Waals surface area contributed by atoms with E-state index in [0.29, 0.717) is 6.54 Å². The van der Waals surface area contributed by atoms with Gasteiger partial charge in [-0.05, 0) is 52.6 Å². The first-order valence-electron chi connectivity index (χ1n) is 12.1. The summed E-state index contributed by atoms with van der Waals surface area (Å²) >= 11 is 6.72. The predicted molar refractivity (Wildman–Crippen MR) is 128 cm³/mol. The van der Waals surface area contributed by atoms with Crippen LogP contribution in [0.2, 0.25) is 5.02 Å². The Kier molecular flexibility index (Phi) is 6.11. The molecule has 2 aliphatic heterocycles. The topological polar surface area (TPSA) is 68.5 Å². The average molecular weight is 481 g/mol. The molecule has 0 bridgehead atoms. The molecule has 1 saturated heterocycles. The number of hydrogen-bond acceptors (Lipinski definition) is 7. The number of rotatable bonds is 6. The summed E-state index contributed by atoms with van der Waals surface area (Å²) in [6.07, 6.45) is 5.40. The second-order valence-electron chi connectivity index (χ2n) is 9.32. The molecular formula is C25H29ClN6O2. The van der Waals surface area contributed by atoms with Gasteiger partial charge in [-0.3, -0.25) is 9.80 Å². The maximum absolute atomic E-state index is 6.72. The van der Waals surface area contributed by atoms with Crippen molar-refractivity contribution in [3.05, 3.63) is 64.4 Å². The molecule has 0 amide bonds. The Bertz CT molecular complexity index is 1140. The summed E-state index contributed by atoms with van der Waals surface area (Å²) in [7, 11) is 0. The third kappa shape index (κ3) is 4.26. The molecule has 0 unspecified atom stereocenters. The van der Waals surface area contributed by atoms with E-state index >= 15 is 0 Å². The number of nitrogens with zero attached hydrogens (tertiary/aromatic N) is 6. The first-order chi connectivity index (χ1) is 16.8. The summed E-state index contributed by atoms with van der Waals surface area (Å²) in [5.41, 5.74) is 2.10. The van der Waals surface area contributed by atoms with Crippen molar-refractivity contribution in [1.82, 2.24) is 30.0 Å². The van der Waals surface area contributed by atoms with E-state index in [-0.39, 0.29) is 12.8 Å². The molecule has 2 fully saturated rings. The van der Waals surface area contributed by atoms with Gasteiger partial charge in [-0.2, -0.15) is 0 Å². The summed E-state index contributed by atoms with van der Waals surface area (Å²) in [6.45, 7) is 4.86. The summed E-state index contributed by atoms with van der Waals surface area (Å²) in [4.78, 5) is 5.15. The number of tetrazole rings is 1. The lowest BCUT2D eigenvalue weighted by Gasteiger charge is -2.41. The average Bonchev–Trinajstić information content (AvgIpc) is 3.64. The van der Waals surface area contributed by atoms with E-state index in [1.54, 1.807) is 0 Å². The Morgan fingerprint density at radius 3 is 2.59 bits per heavy atom. The van der Waals surface area contributed by atoms with Crippen molar-refractivity contribution in [3.63, 3.8) is 0 Å². The molecule has 0 spiro atoms. The van der Waals surface area contributed by atoms with E-state index in [1.807, 2.05) is 41.1 Å². The van der Waals surface area contributed by atoms with E-state index in [2.05, 4.69) is 31.4 Å². The highest BCUT2D eigenvalue weighted by atomic mass is 35.5. The minimum atomic E-state index is -0.108. The number of hydrogen-bond donors (Lipinski definition) is 0. The van der Waals surface area contributed by atoms with Crippen LogP contribution in [0.4, 0.5) is 0 Å². The molecule has 9 heteroatoms. The second-order valence-corrected chi connectivity index (χ2v) is 9.72. The van der Waals surface area contributed by atoms with Crippen molar-refractivity contribution in [2.45, 2.75) is 44.3 Å². The largest absolute Gasteiger partial charge is 0.454 e. The van der Waals surface area contributed by atoms with Crippen molar-refractivity contribution >= 4 is 11.6 Å². The Balaban J connectivity index is 1.28. The smallest absolute Gasteiger partial charge is 0.231 e. The molecule has 1 saturated carbocycles. The SMILES string of the molecule is Clc1ccccc1[C@@H](c1nnnn1Cc1ccc2c(c1)OCO2)N1CCN(C2CCCC2)CC1. The molecule has 178 valence electrons. The zero-order valence-corrected chi connectivity index (χ0v) is 19.9. The van der Waals surface area contributed by atoms with E-state index in [1.165, 1.54) is 25.7 Å². The highest BCUT2D eigenvalue weighted by molar-refractivity contribution is 6.31. The van der Waals surface area contributed by atoms with Crippen LogP contribution in [-0.4, -0.2) is 69.0 Å². The minimum Gasteiger partial charge on any atom is -0.454 e. The number of halogens is 1. The molecule has 34 heavy (non-hydrogen) atoms. The van der Waals surface area contributed by atoms with Gasteiger partial charge < -0.3 is 9.47 Å². The van der Waals surface area contributed by atoms with Gasteiger partial charge in [0.25, 0.3) is 0 Å². The van der Waals surface area contributed by atoms with Gasteiger partial charge in [-0.15, -0.1) is 5.10 Å². The van der Waals surface area contributed by atoms with Gasteiger partial charge in [0, 0.05) is 37.2 Å². The quantitative estimate of drug-likeness (QED) is 0.532. The Morgan fingerprint density at radius 2 is 1.76 bits per heavy atom. The number of ether oxygens (including phenoxy) is 2. The van der Waals surface area contributed by atoms with Crippen LogP contribution in [0.1, 0.15) is 48.7 Å². The zero-order chi connectivity index (χ0) is 22.9. The Hall–Kier alpha value is -2.68. The van der Waals surface area contributed by atoms with Crippen LogP contribution in [0.3, 0.4) is 0 Å². The van der Waals surface area contributed by atoms with Gasteiger partial charge in [0.1, 0.15) is 0 Å². The molecule has 1 aromatic heterocycles. The van der Waals surface area contributed by atoms with Gasteiger partial charge in [0.15, 0.2) is 17.3 Å². The lowest BCUT2D eigenvalue weighted by Crippen LogP contribution is -2.51. The van der Waals surface area contributed by atoms with Crippen molar-refractivity contribution < 1.29 is 9.47 Å². The number of benzene rings is 2. The van der Waals surface area contributed by atoms with E-state index in [0.717, 1.165) is 65.7 Å². The van der Waals surface area contributed by atoms with Crippen LogP contribution in [0, 0.1) is 0 Å². The molecule has 3 aliphatic rings. The third-order valence-electron chi connectivity index (χ3n) is 7.33. The fourth-order valence-electron chi connectivity index (χ4n) is 5.56. The molecule has 6 rings (SSSR count). The molecular weight excluding hydrogens is 452 g/mol. The lowest BCUT2D eigenvalue weighted by atomic mass is 10.0. The summed E-state index contributed by atoms with van der Waals surface area (Å²) in [5, 5.41) is 13.7. The molecule has 1 atom stereocenters. The fraction of sp³-hybridized carbons (Fsp3) is 0.480. The molecule has 1 aliphatic carbocycles. The molecule has 2 aromatic carbocycles. The zero-order valence-electron chi connectivity index (χ0n) is 19.1. The van der Waals surface area contributed by atoms with Crippen molar-refractivity contribution in [2.24, 2.45) is 0 Å². The number of fused-ring (bicyclic) bond motifs is 1. The van der Waals surface area contributed by atoms with Crippen LogP contribution in [0.5, 0.6) is 11.5 Å². The third-order valence-corrected chi connectivity index (χ3v) is 7.67. The standard InChI is InChI=1S/C25H29ClN6O2/c26-21-8-4-3-7-20(21)24(31-13-11-30(12-14-31)19-5-1-2-6-19)25-27-28-29-32(25)16-18-9-10-22-23(15-18)34-17-33-22/h3-4,7-10,15,19,24H,1-2,5-6,11-14,16-17H2/t24-/m0/s1. The second kappa shape index (κ2) is 9.52. The molecule has 3 heterocycles. The van der Waals surface area contributed by atoms with Gasteiger partial charge in [0.05, 0.1) is 12.6 Å². The number of piperazine rings is 1. The van der Waals surface area contributed by atoms with Crippen LogP contribution in [0.15, 0.2) is 42.5 Å². The van der Waals surface area contributed by atoms with Gasteiger partial charge in [-0.1, -0.05) is 48.7 Å². The molecule has 0 radical (unpaired) electrons. The van der Waals surface area contributed by atoms with Crippen molar-refractivity contribution in [1.29, 1.82) is 0 Å². The van der Waals surface area contributed by atoms with Crippen LogP contribution >= 0.6 is 11.6 Å². The highest BCUT2D eigenvalue weighted by Gasteiger charge is 2.34. The summed E-state index contributed by atoms with van der Waals surface area (Å²) < 4.78 is 12.9. The molecule has 0 N–H and O–H groups in total. The Labute approximate surface area is 204 Å². The first kappa shape index (κ1) is 21.8. The maximum Gasteiger partial charge on any atom is 0.231 e. The minimum absolute atomic E-state index is 0.108. The van der Waals surface area contributed by atoms with Gasteiger partial charge >= 0.3 is 0 Å². The highest BCUT2D eigenvalue weighted by Crippen LogP contribution is 2.35. The predicted octanol–water partition coefficient (Wildman–Crippen LogP) is 3.75. The van der Waals surface area contributed by atoms with E-state index in [4.69, 9.17) is 21.1 Å². The maximum atomic E-state index is 6.72. The summed E-state index contributed by atoms with van der Waals surface area (Å²) in [5.74, 6) is 2.34. The van der Waals surface area contributed by atoms with Gasteiger partial charge in [0.2, 0.25) is 6.79 Å². The van der Waals surface area contributed by atoms with Crippen LogP contribution in [-0.2, 0) is 6.54 Å². The van der Waals surface area contributed by atoms with Crippen LogP contribution < -0.4 is 9.47 Å². The van der Waals surface area contributed by atoms with Crippen molar-refractivity contribution in [2.75, 3.05) is 33.0 Å². The summed E-state index contributed by atoms with van der Waals surface area (Å²) in [6, 6.07) is 14.7. The molecule has 8 nitrogen and oxygen atoms in total. The van der Waals surface area contributed by atoms with E-state index in [9.17, 15) is 0 Å². The monoisotopic (exact) mass is 480 g/mol. The lowest BCUT2D eigenvalue weighted by molar-refractivity contribution is 0.0771. The normalized spacial score (nSPS) is 20.1. The number of aromatic nitrogens is 4. The van der Waals surface area contributed by atoms with Crippen LogP contribution in [0.25, 0.3) is 0 Å². The van der Waals surface area contributed by atoms with Gasteiger partial charge in [-0.25, -0.2) is 4.68 Å². The van der Waals surface area contributed by atoms with Crippen molar-refractivity contribution in [3.8, 4) is 11.5 Å². The first-order valence-corrected chi connectivity index (χ1v) is 12.5.